The number of hydrogen-bond acceptors (Lipinski definition) is 2. The van der Waals surface area contributed by atoms with Gasteiger partial charge in [0.1, 0.15) is 0 Å². The molecule has 0 heterocycles. The first-order valence-electron chi connectivity index (χ1n) is 5.49. The lowest BCUT2D eigenvalue weighted by atomic mass is 9.81. The summed E-state index contributed by atoms with van der Waals surface area (Å²) in [6.45, 7) is 4.36. The van der Waals surface area contributed by atoms with Crippen molar-refractivity contribution in [2.24, 2.45) is 11.8 Å². The van der Waals surface area contributed by atoms with E-state index >= 15 is 0 Å². The minimum Gasteiger partial charge on any atom is -0.212 e. The van der Waals surface area contributed by atoms with Crippen LogP contribution in [0, 0.1) is 11.8 Å². The number of hydrogen-bond donors (Lipinski definition) is 1. The van der Waals surface area contributed by atoms with Crippen LogP contribution in [0.2, 0.25) is 0 Å². The van der Waals surface area contributed by atoms with E-state index in [9.17, 15) is 8.42 Å². The molecule has 0 aromatic rings. The standard InChI is InChI=1S/C10H20ClNO2S/c1-8-5-9(2)7-10(6-8)12-15(13,14)4-3-11/h8-10,12H,3-7H2,1-2H3. The van der Waals surface area contributed by atoms with Gasteiger partial charge in [0.25, 0.3) is 0 Å². The summed E-state index contributed by atoms with van der Waals surface area (Å²) >= 11 is 5.44. The van der Waals surface area contributed by atoms with Gasteiger partial charge in [0.2, 0.25) is 10.0 Å². The third-order valence-electron chi connectivity index (χ3n) is 2.87. The molecular formula is C10H20ClNO2S. The van der Waals surface area contributed by atoms with Gasteiger partial charge in [0.05, 0.1) is 5.75 Å². The number of sulfonamides is 1. The molecule has 2 unspecified atom stereocenters. The van der Waals surface area contributed by atoms with Crippen molar-refractivity contribution in [2.45, 2.75) is 39.2 Å². The van der Waals surface area contributed by atoms with E-state index in [0.29, 0.717) is 11.8 Å². The fourth-order valence-corrected chi connectivity index (χ4v) is 4.09. The average molecular weight is 254 g/mol. The zero-order valence-corrected chi connectivity index (χ0v) is 10.9. The molecule has 0 aromatic heterocycles. The van der Waals surface area contributed by atoms with E-state index in [1.54, 1.807) is 0 Å². The highest BCUT2D eigenvalue weighted by Gasteiger charge is 2.26. The Bertz CT molecular complexity index is 282. The van der Waals surface area contributed by atoms with Crippen LogP contribution in [0.4, 0.5) is 0 Å². The summed E-state index contributed by atoms with van der Waals surface area (Å²) in [4.78, 5) is 0. The van der Waals surface area contributed by atoms with Crippen molar-refractivity contribution < 1.29 is 8.42 Å². The van der Waals surface area contributed by atoms with E-state index in [1.807, 2.05) is 0 Å². The molecule has 0 saturated heterocycles. The lowest BCUT2D eigenvalue weighted by molar-refractivity contribution is 0.258. The second kappa shape index (κ2) is 5.51. The molecule has 1 aliphatic carbocycles. The lowest BCUT2D eigenvalue weighted by Crippen LogP contribution is -2.41. The minimum atomic E-state index is -3.16. The summed E-state index contributed by atoms with van der Waals surface area (Å²) in [5, 5.41) is 0. The minimum absolute atomic E-state index is 0.0216. The topological polar surface area (TPSA) is 46.2 Å². The molecule has 0 aromatic carbocycles. The third-order valence-corrected chi connectivity index (χ3v) is 4.72. The number of alkyl halides is 1. The maximum atomic E-state index is 11.5. The van der Waals surface area contributed by atoms with E-state index < -0.39 is 10.0 Å². The van der Waals surface area contributed by atoms with E-state index in [1.165, 1.54) is 6.42 Å². The highest BCUT2D eigenvalue weighted by Crippen LogP contribution is 2.28. The Labute approximate surface area is 97.6 Å². The van der Waals surface area contributed by atoms with Gasteiger partial charge in [-0.2, -0.15) is 0 Å². The normalized spacial score (nSPS) is 32.9. The maximum absolute atomic E-state index is 11.5. The maximum Gasteiger partial charge on any atom is 0.213 e. The Hall–Kier alpha value is 0.200. The van der Waals surface area contributed by atoms with Crippen LogP contribution < -0.4 is 4.72 Å². The SMILES string of the molecule is CC1CC(C)CC(NS(=O)(=O)CCCl)C1. The second-order valence-corrected chi connectivity index (χ2v) is 6.99. The smallest absolute Gasteiger partial charge is 0.212 e. The molecule has 1 fully saturated rings. The average Bonchev–Trinajstić information content (AvgIpc) is 1.99. The third kappa shape index (κ3) is 4.70. The fourth-order valence-electron chi connectivity index (χ4n) is 2.46. The van der Waals surface area contributed by atoms with Crippen LogP contribution in [0.15, 0.2) is 0 Å². The van der Waals surface area contributed by atoms with Gasteiger partial charge < -0.3 is 0 Å². The molecule has 0 bridgehead atoms. The molecule has 5 heteroatoms. The van der Waals surface area contributed by atoms with Crippen molar-refractivity contribution in [3.63, 3.8) is 0 Å². The predicted octanol–water partition coefficient (Wildman–Crippen LogP) is 1.97. The molecule has 0 aliphatic heterocycles. The Morgan fingerprint density at radius 1 is 1.20 bits per heavy atom. The Morgan fingerprint density at radius 3 is 2.20 bits per heavy atom. The van der Waals surface area contributed by atoms with Crippen LogP contribution in [-0.2, 0) is 10.0 Å². The summed E-state index contributed by atoms with van der Waals surface area (Å²) in [6, 6.07) is 0.108. The van der Waals surface area contributed by atoms with Crippen LogP contribution in [0.3, 0.4) is 0 Å². The highest BCUT2D eigenvalue weighted by atomic mass is 35.5. The Morgan fingerprint density at radius 2 is 1.73 bits per heavy atom. The molecular weight excluding hydrogens is 234 g/mol. The van der Waals surface area contributed by atoms with Gasteiger partial charge in [-0.05, 0) is 31.1 Å². The molecule has 1 saturated carbocycles. The highest BCUT2D eigenvalue weighted by molar-refractivity contribution is 7.89. The van der Waals surface area contributed by atoms with E-state index in [2.05, 4.69) is 18.6 Å². The molecule has 0 amide bonds. The molecule has 2 atom stereocenters. The van der Waals surface area contributed by atoms with Gasteiger partial charge in [0.15, 0.2) is 0 Å². The van der Waals surface area contributed by atoms with Gasteiger partial charge >= 0.3 is 0 Å². The quantitative estimate of drug-likeness (QED) is 0.779. The Kier molecular flexibility index (Phi) is 4.87. The molecule has 3 nitrogen and oxygen atoms in total. The second-order valence-electron chi connectivity index (χ2n) is 4.74. The zero-order valence-electron chi connectivity index (χ0n) is 9.37. The Balaban J connectivity index is 2.51. The monoisotopic (exact) mass is 253 g/mol. The van der Waals surface area contributed by atoms with Crippen LogP contribution in [0.1, 0.15) is 33.1 Å². The van der Waals surface area contributed by atoms with Crippen molar-refractivity contribution in [3.05, 3.63) is 0 Å². The van der Waals surface area contributed by atoms with Crippen LogP contribution in [-0.4, -0.2) is 26.1 Å². The fraction of sp³-hybridized carbons (Fsp3) is 1.00. The lowest BCUT2D eigenvalue weighted by Gasteiger charge is -2.31. The molecule has 15 heavy (non-hydrogen) atoms. The van der Waals surface area contributed by atoms with Crippen molar-refractivity contribution >= 4 is 21.6 Å². The van der Waals surface area contributed by atoms with E-state index in [-0.39, 0.29) is 17.7 Å². The van der Waals surface area contributed by atoms with Crippen LogP contribution in [0.5, 0.6) is 0 Å². The molecule has 1 rings (SSSR count). The van der Waals surface area contributed by atoms with Crippen LogP contribution >= 0.6 is 11.6 Å². The summed E-state index contributed by atoms with van der Waals surface area (Å²) in [7, 11) is -3.16. The van der Waals surface area contributed by atoms with Crippen molar-refractivity contribution in [1.29, 1.82) is 0 Å². The molecule has 0 radical (unpaired) electrons. The van der Waals surface area contributed by atoms with E-state index in [0.717, 1.165) is 12.8 Å². The first-order valence-corrected chi connectivity index (χ1v) is 7.67. The first-order chi connectivity index (χ1) is 6.93. The number of nitrogens with one attached hydrogen (secondary N) is 1. The molecule has 0 spiro atoms. The van der Waals surface area contributed by atoms with Gasteiger partial charge in [-0.1, -0.05) is 13.8 Å². The van der Waals surface area contributed by atoms with Crippen LogP contribution in [0.25, 0.3) is 0 Å². The first kappa shape index (κ1) is 13.3. The number of halogens is 1. The molecule has 90 valence electrons. The zero-order chi connectivity index (χ0) is 11.5. The van der Waals surface area contributed by atoms with Gasteiger partial charge in [0, 0.05) is 11.9 Å². The van der Waals surface area contributed by atoms with Gasteiger partial charge in [-0.25, -0.2) is 13.1 Å². The van der Waals surface area contributed by atoms with E-state index in [4.69, 9.17) is 11.6 Å². The van der Waals surface area contributed by atoms with Crippen molar-refractivity contribution in [3.8, 4) is 0 Å². The van der Waals surface area contributed by atoms with Crippen molar-refractivity contribution in [2.75, 3.05) is 11.6 Å². The molecule has 1 aliphatic rings. The summed E-state index contributed by atoms with van der Waals surface area (Å²) in [5.74, 6) is 1.40. The summed E-state index contributed by atoms with van der Waals surface area (Å²) in [6.07, 6.45) is 3.10. The molecule has 1 N–H and O–H groups in total. The van der Waals surface area contributed by atoms with Gasteiger partial charge in [-0.15, -0.1) is 11.6 Å². The largest absolute Gasteiger partial charge is 0.213 e. The number of rotatable bonds is 4. The predicted molar refractivity (Wildman–Crippen MR) is 63.6 cm³/mol. The summed E-state index contributed by atoms with van der Waals surface area (Å²) in [5.41, 5.74) is 0. The summed E-state index contributed by atoms with van der Waals surface area (Å²) < 4.78 is 25.8. The van der Waals surface area contributed by atoms with Crippen molar-refractivity contribution in [1.82, 2.24) is 4.72 Å². The van der Waals surface area contributed by atoms with Gasteiger partial charge in [-0.3, -0.25) is 0 Å².